The Morgan fingerprint density at radius 3 is 2.88 bits per heavy atom. The molecule has 17 heavy (non-hydrogen) atoms. The first-order valence-electron chi connectivity index (χ1n) is 5.19. The Morgan fingerprint density at radius 2 is 2.29 bits per heavy atom. The first kappa shape index (κ1) is 11.1. The van der Waals surface area contributed by atoms with Gasteiger partial charge in [0.1, 0.15) is 11.4 Å². The number of carbonyl (C=O) groups excluding carboxylic acids is 2. The molecule has 0 aliphatic rings. The molecule has 2 rings (SSSR count). The number of aliphatic imine (C=N–C) groups is 1. The highest BCUT2D eigenvalue weighted by Gasteiger charge is 2.15. The van der Waals surface area contributed by atoms with E-state index in [0.717, 1.165) is 17.5 Å². The van der Waals surface area contributed by atoms with Gasteiger partial charge in [-0.1, -0.05) is 19.1 Å². The molecule has 1 aromatic heterocycles. The molecule has 0 bridgehead atoms. The highest BCUT2D eigenvalue weighted by molar-refractivity contribution is 6.07. The lowest BCUT2D eigenvalue weighted by Crippen LogP contribution is -2.11. The number of nitrogens with two attached hydrogens (primary N) is 1. The van der Waals surface area contributed by atoms with E-state index in [2.05, 4.69) is 9.98 Å². The molecule has 0 aliphatic carbocycles. The summed E-state index contributed by atoms with van der Waals surface area (Å²) in [5, 5.41) is 0.694. The normalized spacial score (nSPS) is 10.2. The lowest BCUT2D eigenvalue weighted by atomic mass is 10.1. The highest BCUT2D eigenvalue weighted by Crippen LogP contribution is 2.30. The predicted molar refractivity (Wildman–Crippen MR) is 64.0 cm³/mol. The van der Waals surface area contributed by atoms with Crippen LogP contribution in [0.3, 0.4) is 0 Å². The number of benzene rings is 1. The second kappa shape index (κ2) is 4.23. The molecule has 0 saturated heterocycles. The topological polar surface area (TPSA) is 88.3 Å². The number of nitrogens with zero attached hydrogens (tertiary/aromatic N) is 1. The third-order valence-corrected chi connectivity index (χ3v) is 2.65. The Morgan fingerprint density at radius 1 is 1.53 bits per heavy atom. The number of primary amides is 1. The molecule has 5 nitrogen and oxygen atoms in total. The van der Waals surface area contributed by atoms with Gasteiger partial charge in [0.25, 0.3) is 5.91 Å². The van der Waals surface area contributed by atoms with Crippen LogP contribution in [0.1, 0.15) is 23.0 Å². The summed E-state index contributed by atoms with van der Waals surface area (Å²) in [6.07, 6.45) is 2.32. The minimum absolute atomic E-state index is 0.136. The molecule has 1 amide bonds. The summed E-state index contributed by atoms with van der Waals surface area (Å²) in [4.78, 5) is 28.0. The molecule has 0 atom stereocenters. The van der Waals surface area contributed by atoms with Gasteiger partial charge in [-0.25, -0.2) is 4.79 Å². The fourth-order valence-electron chi connectivity index (χ4n) is 1.79. The van der Waals surface area contributed by atoms with E-state index >= 15 is 0 Å². The highest BCUT2D eigenvalue weighted by atomic mass is 16.1. The molecular formula is C12H11N3O2. The average Bonchev–Trinajstić information content (AvgIpc) is 2.68. The summed E-state index contributed by atoms with van der Waals surface area (Å²) in [5.41, 5.74) is 7.47. The van der Waals surface area contributed by atoms with E-state index in [1.54, 1.807) is 0 Å². The predicted octanol–water partition coefficient (Wildman–Crippen LogP) is 1.80. The Balaban J connectivity index is 2.78. The molecule has 0 aliphatic heterocycles. The lowest BCUT2D eigenvalue weighted by Gasteiger charge is -1.95. The van der Waals surface area contributed by atoms with Crippen LogP contribution in [0.25, 0.3) is 10.9 Å². The van der Waals surface area contributed by atoms with Crippen molar-refractivity contribution in [1.29, 1.82) is 0 Å². The van der Waals surface area contributed by atoms with Gasteiger partial charge in [0, 0.05) is 10.9 Å². The second-order valence-electron chi connectivity index (χ2n) is 3.65. The fourth-order valence-corrected chi connectivity index (χ4v) is 1.79. The van der Waals surface area contributed by atoms with Crippen LogP contribution in [0.5, 0.6) is 0 Å². The van der Waals surface area contributed by atoms with Gasteiger partial charge < -0.3 is 10.7 Å². The molecule has 1 heterocycles. The molecule has 86 valence electrons. The Bertz CT molecular complexity index is 636. The monoisotopic (exact) mass is 229 g/mol. The van der Waals surface area contributed by atoms with E-state index in [0.29, 0.717) is 5.39 Å². The number of hydrogen-bond donors (Lipinski definition) is 2. The van der Waals surface area contributed by atoms with E-state index < -0.39 is 5.91 Å². The fraction of sp³-hybridized carbons (Fsp3) is 0.167. The number of aromatic nitrogens is 1. The summed E-state index contributed by atoms with van der Waals surface area (Å²) in [6, 6.07) is 5.64. The zero-order chi connectivity index (χ0) is 12.4. The lowest BCUT2D eigenvalue weighted by molar-refractivity contribution is 0.0997. The van der Waals surface area contributed by atoms with Gasteiger partial charge >= 0.3 is 0 Å². The Kier molecular flexibility index (Phi) is 2.77. The van der Waals surface area contributed by atoms with Crippen LogP contribution in [0.4, 0.5) is 5.69 Å². The quantitative estimate of drug-likeness (QED) is 0.620. The Labute approximate surface area is 97.3 Å². The van der Waals surface area contributed by atoms with E-state index in [9.17, 15) is 9.59 Å². The zero-order valence-electron chi connectivity index (χ0n) is 9.28. The molecule has 1 aromatic carbocycles. The van der Waals surface area contributed by atoms with E-state index in [4.69, 9.17) is 5.73 Å². The number of nitrogens with one attached hydrogen (secondary N) is 1. The average molecular weight is 229 g/mol. The molecule has 5 heteroatoms. The summed E-state index contributed by atoms with van der Waals surface area (Å²) >= 11 is 0. The van der Waals surface area contributed by atoms with Gasteiger partial charge in [0.05, 0.1) is 0 Å². The SMILES string of the molecule is CCc1ccc2c(N=C=O)c(C(N)=O)[nH]c2c1. The summed E-state index contributed by atoms with van der Waals surface area (Å²) in [6.45, 7) is 2.03. The van der Waals surface area contributed by atoms with Crippen molar-refractivity contribution >= 4 is 28.6 Å². The number of carbonyl (C=O) groups is 1. The maximum atomic E-state index is 11.2. The van der Waals surface area contributed by atoms with Crippen molar-refractivity contribution in [2.45, 2.75) is 13.3 Å². The van der Waals surface area contributed by atoms with Crippen LogP contribution < -0.4 is 5.73 Å². The maximum absolute atomic E-state index is 11.2. The number of aromatic amines is 1. The molecule has 0 spiro atoms. The van der Waals surface area contributed by atoms with Crippen molar-refractivity contribution in [3.63, 3.8) is 0 Å². The van der Waals surface area contributed by atoms with Crippen molar-refractivity contribution in [1.82, 2.24) is 4.98 Å². The number of amides is 1. The molecule has 0 fully saturated rings. The molecule has 0 unspecified atom stereocenters. The van der Waals surface area contributed by atoms with Gasteiger partial charge in [0.2, 0.25) is 6.08 Å². The summed E-state index contributed by atoms with van der Waals surface area (Å²) in [7, 11) is 0. The van der Waals surface area contributed by atoms with Gasteiger partial charge in [-0.05, 0) is 18.1 Å². The minimum atomic E-state index is -0.645. The van der Waals surface area contributed by atoms with Crippen LogP contribution in [-0.4, -0.2) is 17.0 Å². The zero-order valence-corrected chi connectivity index (χ0v) is 9.28. The molecule has 0 saturated carbocycles. The summed E-state index contributed by atoms with van der Waals surface area (Å²) in [5.74, 6) is -0.645. The van der Waals surface area contributed by atoms with Gasteiger partial charge in [-0.3, -0.25) is 4.79 Å². The third-order valence-electron chi connectivity index (χ3n) is 2.65. The van der Waals surface area contributed by atoms with Gasteiger partial charge in [0.15, 0.2) is 0 Å². The third kappa shape index (κ3) is 1.84. The smallest absolute Gasteiger partial charge is 0.267 e. The number of fused-ring (bicyclic) bond motifs is 1. The molecule has 3 N–H and O–H groups in total. The van der Waals surface area contributed by atoms with Crippen LogP contribution in [0.15, 0.2) is 23.2 Å². The van der Waals surface area contributed by atoms with Crippen LogP contribution in [0.2, 0.25) is 0 Å². The maximum Gasteiger partial charge on any atom is 0.267 e. The van der Waals surface area contributed by atoms with Crippen LogP contribution in [0, 0.1) is 0 Å². The second-order valence-corrected chi connectivity index (χ2v) is 3.65. The van der Waals surface area contributed by atoms with Crippen molar-refractivity contribution in [3.05, 3.63) is 29.5 Å². The van der Waals surface area contributed by atoms with Crippen molar-refractivity contribution in [2.75, 3.05) is 0 Å². The molecule has 2 aromatic rings. The first-order chi connectivity index (χ1) is 8.17. The van der Waals surface area contributed by atoms with Crippen LogP contribution in [-0.2, 0) is 11.2 Å². The summed E-state index contributed by atoms with van der Waals surface area (Å²) < 4.78 is 0. The number of hydrogen-bond acceptors (Lipinski definition) is 3. The van der Waals surface area contributed by atoms with Gasteiger partial charge in [-0.2, -0.15) is 4.99 Å². The Hall–Kier alpha value is -2.39. The molecular weight excluding hydrogens is 218 g/mol. The first-order valence-corrected chi connectivity index (χ1v) is 5.19. The van der Waals surface area contributed by atoms with Crippen molar-refractivity contribution in [3.8, 4) is 0 Å². The largest absolute Gasteiger partial charge is 0.364 e. The number of rotatable bonds is 3. The number of isocyanates is 1. The van der Waals surface area contributed by atoms with Crippen molar-refractivity contribution in [2.24, 2.45) is 10.7 Å². The van der Waals surface area contributed by atoms with E-state index in [1.807, 2.05) is 25.1 Å². The van der Waals surface area contributed by atoms with Gasteiger partial charge in [-0.15, -0.1) is 0 Å². The van der Waals surface area contributed by atoms with Crippen molar-refractivity contribution < 1.29 is 9.59 Å². The van der Waals surface area contributed by atoms with E-state index in [-0.39, 0.29) is 11.4 Å². The van der Waals surface area contributed by atoms with Crippen LogP contribution >= 0.6 is 0 Å². The molecule has 0 radical (unpaired) electrons. The minimum Gasteiger partial charge on any atom is -0.364 e. The standard InChI is InChI=1S/C12H11N3O2/c1-2-7-3-4-8-9(5-7)15-11(12(13)17)10(8)14-6-16/h3-5,15H,2H2,1H3,(H2,13,17). The van der Waals surface area contributed by atoms with E-state index in [1.165, 1.54) is 6.08 Å². The number of aryl methyl sites for hydroxylation is 1. The number of H-pyrrole nitrogens is 1.